The molecule has 0 aromatic carbocycles. The summed E-state index contributed by atoms with van der Waals surface area (Å²) < 4.78 is 0. The normalized spacial score (nSPS) is 21.8. The predicted octanol–water partition coefficient (Wildman–Crippen LogP) is 2.35. The number of rotatable bonds is 6. The van der Waals surface area contributed by atoms with Crippen molar-refractivity contribution < 1.29 is 4.79 Å². The Morgan fingerprint density at radius 3 is 3.04 bits per heavy atom. The van der Waals surface area contributed by atoms with Gasteiger partial charge in [-0.05, 0) is 38.3 Å². The van der Waals surface area contributed by atoms with Crippen LogP contribution in [0.1, 0.15) is 54.6 Å². The Labute approximate surface area is 144 Å². The van der Waals surface area contributed by atoms with Gasteiger partial charge in [0.15, 0.2) is 0 Å². The quantitative estimate of drug-likeness (QED) is 0.838. The van der Waals surface area contributed by atoms with Gasteiger partial charge in [-0.2, -0.15) is 5.10 Å². The second kappa shape index (κ2) is 6.98. The average molecular weight is 346 g/mol. The average Bonchev–Trinajstić information content (AvgIpc) is 3.11. The highest BCUT2D eigenvalue weighted by Crippen LogP contribution is 2.42. The Bertz CT molecular complexity index is 681. The minimum atomic E-state index is 0.0251. The number of hydrogen-bond donors (Lipinski definition) is 2. The first-order valence-corrected chi connectivity index (χ1v) is 9.44. The molecule has 4 rings (SSSR count). The monoisotopic (exact) mass is 346 g/mol. The smallest absolute Gasteiger partial charge is 0.227 e. The van der Waals surface area contributed by atoms with E-state index in [-0.39, 0.29) is 5.91 Å². The van der Waals surface area contributed by atoms with Crippen molar-refractivity contribution in [3.63, 3.8) is 0 Å². The molecule has 7 nitrogen and oxygen atoms in total. The van der Waals surface area contributed by atoms with Crippen LogP contribution in [0.2, 0.25) is 0 Å². The first kappa shape index (κ1) is 15.7. The number of aromatic nitrogens is 4. The summed E-state index contributed by atoms with van der Waals surface area (Å²) in [6.45, 7) is 2.83. The number of piperidine rings is 1. The van der Waals surface area contributed by atoms with Gasteiger partial charge >= 0.3 is 0 Å². The number of carbonyl (C=O) groups is 1. The van der Waals surface area contributed by atoms with E-state index in [9.17, 15) is 4.79 Å². The lowest BCUT2D eigenvalue weighted by Crippen LogP contribution is -2.36. The fourth-order valence-electron chi connectivity index (χ4n) is 3.23. The maximum absolute atomic E-state index is 12.1. The number of hydrogen-bond acceptors (Lipinski definition) is 6. The lowest BCUT2D eigenvalue weighted by Gasteiger charge is -2.31. The van der Waals surface area contributed by atoms with Gasteiger partial charge in [0.05, 0.1) is 0 Å². The van der Waals surface area contributed by atoms with Crippen LogP contribution in [-0.4, -0.2) is 50.8 Å². The van der Waals surface area contributed by atoms with Crippen LogP contribution in [0.3, 0.4) is 0 Å². The third-order valence-electron chi connectivity index (χ3n) is 4.74. The zero-order valence-electron chi connectivity index (χ0n) is 13.6. The van der Waals surface area contributed by atoms with E-state index in [0.29, 0.717) is 23.4 Å². The van der Waals surface area contributed by atoms with E-state index in [4.69, 9.17) is 0 Å². The van der Waals surface area contributed by atoms with Crippen molar-refractivity contribution in [3.8, 4) is 0 Å². The van der Waals surface area contributed by atoms with Crippen molar-refractivity contribution in [2.24, 2.45) is 0 Å². The maximum Gasteiger partial charge on any atom is 0.227 e. The highest BCUT2D eigenvalue weighted by molar-refractivity contribution is 7.15. The first-order valence-electron chi connectivity index (χ1n) is 8.63. The van der Waals surface area contributed by atoms with Gasteiger partial charge in [0.2, 0.25) is 11.0 Å². The second-order valence-corrected chi connectivity index (χ2v) is 7.68. The fourth-order valence-corrected chi connectivity index (χ4v) is 4.16. The number of aromatic amines is 1. The Morgan fingerprint density at radius 1 is 1.33 bits per heavy atom. The molecular formula is C16H22N6OS. The molecule has 0 bridgehead atoms. The Hall–Kier alpha value is -1.80. The molecule has 128 valence electrons. The molecule has 1 aliphatic heterocycles. The van der Waals surface area contributed by atoms with Gasteiger partial charge in [-0.3, -0.25) is 9.89 Å². The summed E-state index contributed by atoms with van der Waals surface area (Å²) >= 11 is 1.51. The number of amides is 1. The van der Waals surface area contributed by atoms with Gasteiger partial charge in [0.1, 0.15) is 5.01 Å². The third kappa shape index (κ3) is 3.81. The number of nitrogens with zero attached hydrogens (tertiary/aromatic N) is 4. The lowest BCUT2D eigenvalue weighted by molar-refractivity contribution is -0.116. The topological polar surface area (TPSA) is 86.8 Å². The molecule has 1 aliphatic carbocycles. The van der Waals surface area contributed by atoms with E-state index >= 15 is 0 Å². The van der Waals surface area contributed by atoms with E-state index in [2.05, 4.69) is 30.6 Å². The van der Waals surface area contributed by atoms with Crippen LogP contribution in [-0.2, 0) is 4.79 Å². The van der Waals surface area contributed by atoms with E-state index in [1.54, 1.807) is 6.20 Å². The summed E-state index contributed by atoms with van der Waals surface area (Å²) in [5.74, 6) is 1.10. The van der Waals surface area contributed by atoms with Gasteiger partial charge in [-0.25, -0.2) is 0 Å². The first-order chi connectivity index (χ1) is 11.8. The Kier molecular flexibility index (Phi) is 4.57. The molecule has 1 amide bonds. The van der Waals surface area contributed by atoms with Crippen molar-refractivity contribution in [2.75, 3.05) is 25.0 Å². The van der Waals surface area contributed by atoms with Crippen LogP contribution in [0.25, 0.3) is 0 Å². The molecule has 0 unspecified atom stereocenters. The lowest BCUT2D eigenvalue weighted by atomic mass is 9.95. The van der Waals surface area contributed by atoms with E-state index < -0.39 is 0 Å². The highest BCUT2D eigenvalue weighted by Gasteiger charge is 2.28. The van der Waals surface area contributed by atoms with Crippen molar-refractivity contribution in [1.82, 2.24) is 25.3 Å². The summed E-state index contributed by atoms with van der Waals surface area (Å²) in [5.41, 5.74) is 1.20. The molecule has 0 spiro atoms. The van der Waals surface area contributed by atoms with Crippen molar-refractivity contribution in [1.29, 1.82) is 0 Å². The Balaban J connectivity index is 1.24. The standard InChI is InChI=1S/C16H22N6OS/c23-14(18-16-21-20-15(24-16)11-3-4-11)6-9-22-8-1-2-12(10-22)13-5-7-17-19-13/h5,7,11-12H,1-4,6,8-10H2,(H,17,19)(H,18,21,23)/t12-/m1/s1. The minimum absolute atomic E-state index is 0.0251. The molecular weight excluding hydrogens is 324 g/mol. The fraction of sp³-hybridized carbons (Fsp3) is 0.625. The van der Waals surface area contributed by atoms with Gasteiger partial charge in [-0.1, -0.05) is 11.3 Å². The van der Waals surface area contributed by atoms with Gasteiger partial charge in [-0.15, -0.1) is 10.2 Å². The van der Waals surface area contributed by atoms with Crippen LogP contribution in [0.5, 0.6) is 0 Å². The summed E-state index contributed by atoms with van der Waals surface area (Å²) in [5, 5.41) is 19.9. The van der Waals surface area contributed by atoms with Crippen LogP contribution < -0.4 is 5.32 Å². The van der Waals surface area contributed by atoms with Crippen molar-refractivity contribution >= 4 is 22.4 Å². The second-order valence-electron chi connectivity index (χ2n) is 6.67. The zero-order chi connectivity index (χ0) is 16.4. The van der Waals surface area contributed by atoms with E-state index in [1.807, 2.05) is 6.07 Å². The summed E-state index contributed by atoms with van der Waals surface area (Å²) in [6, 6.07) is 2.05. The predicted molar refractivity (Wildman–Crippen MR) is 92.1 cm³/mol. The summed E-state index contributed by atoms with van der Waals surface area (Å²) in [6.07, 6.45) is 7.05. The van der Waals surface area contributed by atoms with Gasteiger partial charge in [0.25, 0.3) is 0 Å². The number of nitrogens with one attached hydrogen (secondary N) is 2. The van der Waals surface area contributed by atoms with Crippen molar-refractivity contribution in [2.45, 2.75) is 43.9 Å². The van der Waals surface area contributed by atoms with E-state index in [0.717, 1.165) is 31.1 Å². The van der Waals surface area contributed by atoms with Crippen LogP contribution in [0.15, 0.2) is 12.3 Å². The molecule has 1 saturated heterocycles. The molecule has 1 saturated carbocycles. The number of H-pyrrole nitrogens is 1. The molecule has 2 aromatic rings. The number of carbonyl (C=O) groups excluding carboxylic acids is 1. The minimum Gasteiger partial charge on any atom is -0.302 e. The molecule has 3 heterocycles. The summed E-state index contributed by atoms with van der Waals surface area (Å²) in [7, 11) is 0. The molecule has 1 atom stereocenters. The van der Waals surface area contributed by atoms with Crippen LogP contribution >= 0.6 is 11.3 Å². The molecule has 24 heavy (non-hydrogen) atoms. The maximum atomic E-state index is 12.1. The highest BCUT2D eigenvalue weighted by atomic mass is 32.1. The largest absolute Gasteiger partial charge is 0.302 e. The molecule has 2 aromatic heterocycles. The third-order valence-corrected chi connectivity index (χ3v) is 5.74. The number of anilines is 1. The zero-order valence-corrected chi connectivity index (χ0v) is 14.4. The Morgan fingerprint density at radius 2 is 2.25 bits per heavy atom. The SMILES string of the molecule is O=C(CCN1CCC[C@@H](c2ccn[nH]2)C1)Nc1nnc(C2CC2)s1. The summed E-state index contributed by atoms with van der Waals surface area (Å²) in [4.78, 5) is 14.5. The van der Waals surface area contributed by atoms with Gasteiger partial charge in [0, 0.05) is 43.2 Å². The van der Waals surface area contributed by atoms with Crippen LogP contribution in [0.4, 0.5) is 5.13 Å². The molecule has 2 fully saturated rings. The number of likely N-dealkylation sites (tertiary alicyclic amines) is 1. The van der Waals surface area contributed by atoms with Crippen molar-refractivity contribution in [3.05, 3.63) is 23.0 Å². The van der Waals surface area contributed by atoms with Gasteiger partial charge < -0.3 is 10.2 Å². The molecule has 0 radical (unpaired) electrons. The molecule has 2 aliphatic rings. The van der Waals surface area contributed by atoms with Crippen LogP contribution in [0, 0.1) is 0 Å². The molecule has 8 heteroatoms. The van der Waals surface area contributed by atoms with E-state index in [1.165, 1.54) is 36.3 Å². The molecule has 2 N–H and O–H groups in total.